The number of nitrogens with zero attached hydrogens (tertiary/aromatic N) is 1. The highest BCUT2D eigenvalue weighted by atomic mass is 19.3. The Labute approximate surface area is 59.3 Å². The van der Waals surface area contributed by atoms with Crippen LogP contribution < -0.4 is 0 Å². The lowest BCUT2D eigenvalue weighted by molar-refractivity contribution is -0.0116. The van der Waals surface area contributed by atoms with E-state index in [-0.39, 0.29) is 6.42 Å². The summed E-state index contributed by atoms with van der Waals surface area (Å²) < 4.78 is 25.5. The molecular formula is C7H11F2N. The zero-order valence-corrected chi connectivity index (χ0v) is 5.98. The van der Waals surface area contributed by atoms with Crippen molar-refractivity contribution >= 4 is 0 Å². The summed E-state index contributed by atoms with van der Waals surface area (Å²) in [5.74, 6) is -2.56. The Morgan fingerprint density at radius 3 is 2.50 bits per heavy atom. The fourth-order valence-corrected chi connectivity index (χ4v) is 1.29. The summed E-state index contributed by atoms with van der Waals surface area (Å²) in [5, 5.41) is 0. The molecule has 0 aliphatic carbocycles. The summed E-state index contributed by atoms with van der Waals surface area (Å²) in [7, 11) is 1.69. The lowest BCUT2D eigenvalue weighted by Gasteiger charge is -2.19. The second-order valence-electron chi connectivity index (χ2n) is 2.67. The van der Waals surface area contributed by atoms with Gasteiger partial charge in [0.15, 0.2) is 0 Å². The number of likely N-dealkylation sites (tertiary alicyclic amines) is 1. The van der Waals surface area contributed by atoms with Crippen LogP contribution in [0.5, 0.6) is 0 Å². The van der Waals surface area contributed by atoms with Crippen LogP contribution in [0.25, 0.3) is 0 Å². The first-order valence-electron chi connectivity index (χ1n) is 3.28. The van der Waals surface area contributed by atoms with Crippen molar-refractivity contribution in [2.75, 3.05) is 13.6 Å². The quantitative estimate of drug-likeness (QED) is 0.508. The molecule has 10 heavy (non-hydrogen) atoms. The number of likely N-dealkylation sites (N-methyl/N-ethyl adjacent to an activating group) is 1. The molecule has 0 spiro atoms. The van der Waals surface area contributed by atoms with Gasteiger partial charge in [-0.05, 0) is 7.05 Å². The standard InChI is InChI=1S/C7H11F2N/c1-3-6-7(8,9)4-5-10(6)2/h3,6H,1,4-5H2,2H3. The Morgan fingerprint density at radius 2 is 2.30 bits per heavy atom. The molecule has 58 valence electrons. The predicted octanol–water partition coefficient (Wildman–Crippen LogP) is 1.51. The third-order valence-electron chi connectivity index (χ3n) is 1.93. The van der Waals surface area contributed by atoms with Crippen LogP contribution in [0.3, 0.4) is 0 Å². The average molecular weight is 147 g/mol. The van der Waals surface area contributed by atoms with Gasteiger partial charge >= 0.3 is 0 Å². The summed E-state index contributed by atoms with van der Waals surface area (Å²) in [6, 6.07) is -0.757. The van der Waals surface area contributed by atoms with E-state index >= 15 is 0 Å². The van der Waals surface area contributed by atoms with E-state index in [9.17, 15) is 8.78 Å². The molecule has 1 nitrogen and oxygen atoms in total. The topological polar surface area (TPSA) is 3.24 Å². The van der Waals surface area contributed by atoms with E-state index in [2.05, 4.69) is 6.58 Å². The Balaban J connectivity index is 2.72. The smallest absolute Gasteiger partial charge is 0.268 e. The number of halogens is 2. The minimum atomic E-state index is -2.56. The molecule has 0 aromatic heterocycles. The third-order valence-corrected chi connectivity index (χ3v) is 1.93. The largest absolute Gasteiger partial charge is 0.294 e. The van der Waals surface area contributed by atoms with Crippen LogP contribution in [0.4, 0.5) is 8.78 Å². The normalized spacial score (nSPS) is 32.5. The molecule has 0 bridgehead atoms. The van der Waals surface area contributed by atoms with Crippen molar-refractivity contribution in [3.05, 3.63) is 12.7 Å². The van der Waals surface area contributed by atoms with Crippen molar-refractivity contribution in [1.82, 2.24) is 4.90 Å². The van der Waals surface area contributed by atoms with Crippen LogP contribution in [0.15, 0.2) is 12.7 Å². The van der Waals surface area contributed by atoms with Crippen molar-refractivity contribution < 1.29 is 8.78 Å². The third kappa shape index (κ3) is 1.06. The first kappa shape index (κ1) is 7.66. The van der Waals surface area contributed by atoms with Crippen LogP contribution in [-0.2, 0) is 0 Å². The molecule has 1 heterocycles. The Kier molecular flexibility index (Phi) is 1.77. The highest BCUT2D eigenvalue weighted by Gasteiger charge is 2.45. The maximum atomic E-state index is 12.7. The summed E-state index contributed by atoms with van der Waals surface area (Å²) >= 11 is 0. The lowest BCUT2D eigenvalue weighted by atomic mass is 10.1. The van der Waals surface area contributed by atoms with E-state index in [1.54, 1.807) is 11.9 Å². The number of rotatable bonds is 1. The minimum absolute atomic E-state index is 0.0415. The minimum Gasteiger partial charge on any atom is -0.294 e. The van der Waals surface area contributed by atoms with E-state index in [1.807, 2.05) is 0 Å². The van der Waals surface area contributed by atoms with Gasteiger partial charge < -0.3 is 0 Å². The molecule has 0 N–H and O–H groups in total. The molecule has 3 heteroatoms. The monoisotopic (exact) mass is 147 g/mol. The molecule has 0 aromatic carbocycles. The zero-order valence-electron chi connectivity index (χ0n) is 5.98. The zero-order chi connectivity index (χ0) is 7.78. The molecule has 0 radical (unpaired) electrons. The molecule has 1 aliphatic heterocycles. The van der Waals surface area contributed by atoms with Crippen LogP contribution in [0, 0.1) is 0 Å². The van der Waals surface area contributed by atoms with Gasteiger partial charge in [0.25, 0.3) is 5.92 Å². The van der Waals surface area contributed by atoms with Gasteiger partial charge in [-0.25, -0.2) is 8.78 Å². The fraction of sp³-hybridized carbons (Fsp3) is 0.714. The van der Waals surface area contributed by atoms with Gasteiger partial charge in [0.2, 0.25) is 0 Å². The first-order chi connectivity index (χ1) is 4.58. The van der Waals surface area contributed by atoms with Gasteiger partial charge in [-0.1, -0.05) is 6.08 Å². The predicted molar refractivity (Wildman–Crippen MR) is 36.2 cm³/mol. The maximum absolute atomic E-state index is 12.7. The molecule has 1 saturated heterocycles. The van der Waals surface area contributed by atoms with Crippen molar-refractivity contribution in [2.24, 2.45) is 0 Å². The molecule has 0 amide bonds. The summed E-state index contributed by atoms with van der Waals surface area (Å²) in [4.78, 5) is 1.62. The molecule has 1 atom stereocenters. The molecule has 1 unspecified atom stereocenters. The summed E-state index contributed by atoms with van der Waals surface area (Å²) in [6.07, 6.45) is 1.27. The highest BCUT2D eigenvalue weighted by molar-refractivity contribution is 5.01. The van der Waals surface area contributed by atoms with E-state index in [1.165, 1.54) is 6.08 Å². The van der Waals surface area contributed by atoms with Gasteiger partial charge in [0.05, 0.1) is 6.04 Å². The first-order valence-corrected chi connectivity index (χ1v) is 3.28. The van der Waals surface area contributed by atoms with Crippen molar-refractivity contribution in [3.63, 3.8) is 0 Å². The Hall–Kier alpha value is -0.440. The highest BCUT2D eigenvalue weighted by Crippen LogP contribution is 2.32. The van der Waals surface area contributed by atoms with Crippen molar-refractivity contribution in [1.29, 1.82) is 0 Å². The Morgan fingerprint density at radius 1 is 1.70 bits per heavy atom. The molecule has 1 aliphatic rings. The SMILES string of the molecule is C=CC1N(C)CCC1(F)F. The lowest BCUT2D eigenvalue weighted by Crippen LogP contribution is -2.34. The number of alkyl halides is 2. The van der Waals surface area contributed by atoms with Crippen LogP contribution in [-0.4, -0.2) is 30.5 Å². The van der Waals surface area contributed by atoms with Crippen LogP contribution >= 0.6 is 0 Å². The van der Waals surface area contributed by atoms with Crippen LogP contribution in [0.1, 0.15) is 6.42 Å². The number of hydrogen-bond acceptors (Lipinski definition) is 1. The Bertz CT molecular complexity index is 145. The van der Waals surface area contributed by atoms with E-state index in [0.29, 0.717) is 6.54 Å². The second kappa shape index (κ2) is 2.31. The fourth-order valence-electron chi connectivity index (χ4n) is 1.29. The summed E-state index contributed by atoms with van der Waals surface area (Å²) in [5.41, 5.74) is 0. The van der Waals surface area contributed by atoms with Gasteiger partial charge in [-0.3, -0.25) is 4.90 Å². The van der Waals surface area contributed by atoms with E-state index in [4.69, 9.17) is 0 Å². The van der Waals surface area contributed by atoms with Gasteiger partial charge in [-0.15, -0.1) is 6.58 Å². The molecule has 1 fully saturated rings. The number of hydrogen-bond donors (Lipinski definition) is 0. The molecule has 0 saturated carbocycles. The summed E-state index contributed by atoms with van der Waals surface area (Å²) in [6.45, 7) is 3.83. The van der Waals surface area contributed by atoms with Gasteiger partial charge in [0.1, 0.15) is 0 Å². The molecule has 0 aromatic rings. The van der Waals surface area contributed by atoms with E-state index in [0.717, 1.165) is 0 Å². The van der Waals surface area contributed by atoms with Crippen LogP contribution in [0.2, 0.25) is 0 Å². The second-order valence-corrected chi connectivity index (χ2v) is 2.67. The van der Waals surface area contributed by atoms with Gasteiger partial charge in [0, 0.05) is 13.0 Å². The maximum Gasteiger partial charge on any atom is 0.268 e. The van der Waals surface area contributed by atoms with Crippen molar-refractivity contribution in [3.8, 4) is 0 Å². The van der Waals surface area contributed by atoms with Crippen molar-refractivity contribution in [2.45, 2.75) is 18.4 Å². The van der Waals surface area contributed by atoms with Gasteiger partial charge in [-0.2, -0.15) is 0 Å². The average Bonchev–Trinajstić information content (AvgIpc) is 2.07. The molecule has 1 rings (SSSR count). The molecular weight excluding hydrogens is 136 g/mol. The van der Waals surface area contributed by atoms with E-state index < -0.39 is 12.0 Å².